The third-order valence-electron chi connectivity index (χ3n) is 3.80. The maximum Gasteiger partial charge on any atom is 0.416 e. The standard InChI is InChI=1S/C17H16F4N2O2/c1-10(12-3-5-14(18)6-4-12)22-16(25)11(2)23-8-7-13(9-15(23)24)17(19,20)21/h3-11H,1-2H3,(H,22,25)/t10-,11-/m1/s1. The molecule has 0 radical (unpaired) electrons. The fraction of sp³-hybridized carbons (Fsp3) is 0.294. The highest BCUT2D eigenvalue weighted by Gasteiger charge is 2.31. The van der Waals surface area contributed by atoms with Crippen molar-refractivity contribution in [2.75, 3.05) is 0 Å². The quantitative estimate of drug-likeness (QED) is 0.853. The van der Waals surface area contributed by atoms with E-state index in [1.54, 1.807) is 6.92 Å². The summed E-state index contributed by atoms with van der Waals surface area (Å²) in [4.78, 5) is 24.1. The van der Waals surface area contributed by atoms with Gasteiger partial charge in [-0.25, -0.2) is 4.39 Å². The molecule has 0 aliphatic carbocycles. The molecule has 0 bridgehead atoms. The van der Waals surface area contributed by atoms with Crippen LogP contribution in [0.3, 0.4) is 0 Å². The van der Waals surface area contributed by atoms with Crippen LogP contribution in [0.5, 0.6) is 0 Å². The van der Waals surface area contributed by atoms with Crippen LogP contribution in [-0.4, -0.2) is 10.5 Å². The average molecular weight is 356 g/mol. The lowest BCUT2D eigenvalue weighted by atomic mass is 10.1. The molecule has 2 aromatic rings. The molecule has 2 rings (SSSR count). The molecule has 1 aromatic heterocycles. The molecule has 134 valence electrons. The monoisotopic (exact) mass is 356 g/mol. The average Bonchev–Trinajstić information content (AvgIpc) is 2.53. The van der Waals surface area contributed by atoms with E-state index in [0.717, 1.165) is 16.8 Å². The Morgan fingerprint density at radius 1 is 1.12 bits per heavy atom. The smallest absolute Gasteiger partial charge is 0.348 e. The number of benzene rings is 1. The van der Waals surface area contributed by atoms with Crippen molar-refractivity contribution in [3.05, 3.63) is 69.9 Å². The molecule has 25 heavy (non-hydrogen) atoms. The molecule has 8 heteroatoms. The molecule has 0 unspecified atom stereocenters. The molecule has 0 spiro atoms. The fourth-order valence-electron chi connectivity index (χ4n) is 2.28. The van der Waals surface area contributed by atoms with Gasteiger partial charge < -0.3 is 9.88 Å². The summed E-state index contributed by atoms with van der Waals surface area (Å²) in [6.07, 6.45) is -3.68. The Bertz CT molecular complexity index is 813. The maximum atomic E-state index is 12.9. The Hall–Kier alpha value is -2.64. The number of carbonyl (C=O) groups excluding carboxylic acids is 1. The van der Waals surface area contributed by atoms with Gasteiger partial charge in [0, 0.05) is 12.3 Å². The number of nitrogens with zero attached hydrogens (tertiary/aromatic N) is 1. The zero-order valence-electron chi connectivity index (χ0n) is 13.5. The molecule has 0 saturated heterocycles. The summed E-state index contributed by atoms with van der Waals surface area (Å²) in [6.45, 7) is 3.08. The van der Waals surface area contributed by atoms with Crippen LogP contribution in [-0.2, 0) is 11.0 Å². The minimum Gasteiger partial charge on any atom is -0.348 e. The molecule has 0 aliphatic heterocycles. The minimum atomic E-state index is -4.62. The predicted octanol–water partition coefficient (Wildman–Crippen LogP) is 3.44. The molecule has 0 saturated carbocycles. The van der Waals surface area contributed by atoms with Crippen molar-refractivity contribution in [2.45, 2.75) is 32.1 Å². The summed E-state index contributed by atoms with van der Waals surface area (Å²) in [5, 5.41) is 2.64. The van der Waals surface area contributed by atoms with Gasteiger partial charge in [0.15, 0.2) is 0 Å². The highest BCUT2D eigenvalue weighted by molar-refractivity contribution is 5.80. The molecule has 1 heterocycles. The lowest BCUT2D eigenvalue weighted by Crippen LogP contribution is -2.37. The van der Waals surface area contributed by atoms with E-state index in [0.29, 0.717) is 11.6 Å². The Kier molecular flexibility index (Phi) is 5.30. The molecule has 1 N–H and O–H groups in total. The van der Waals surface area contributed by atoms with E-state index < -0.39 is 41.1 Å². The Balaban J connectivity index is 2.14. The van der Waals surface area contributed by atoms with E-state index in [9.17, 15) is 27.2 Å². The van der Waals surface area contributed by atoms with Crippen LogP contribution in [0.25, 0.3) is 0 Å². The van der Waals surface area contributed by atoms with Crippen molar-refractivity contribution in [1.29, 1.82) is 0 Å². The van der Waals surface area contributed by atoms with Crippen LogP contribution in [0.2, 0.25) is 0 Å². The van der Waals surface area contributed by atoms with Gasteiger partial charge in [0.2, 0.25) is 5.91 Å². The highest BCUT2D eigenvalue weighted by atomic mass is 19.4. The number of hydrogen-bond acceptors (Lipinski definition) is 2. The van der Waals surface area contributed by atoms with Gasteiger partial charge in [-0.05, 0) is 37.6 Å². The molecule has 2 atom stereocenters. The van der Waals surface area contributed by atoms with Crippen molar-refractivity contribution >= 4 is 5.91 Å². The number of aromatic nitrogens is 1. The van der Waals surface area contributed by atoms with Gasteiger partial charge in [-0.2, -0.15) is 13.2 Å². The van der Waals surface area contributed by atoms with Gasteiger partial charge in [-0.15, -0.1) is 0 Å². The van der Waals surface area contributed by atoms with Gasteiger partial charge >= 0.3 is 6.18 Å². The van der Waals surface area contributed by atoms with Gasteiger partial charge in [0.25, 0.3) is 5.56 Å². The van der Waals surface area contributed by atoms with Crippen LogP contribution < -0.4 is 10.9 Å². The van der Waals surface area contributed by atoms with Crippen molar-refractivity contribution in [3.8, 4) is 0 Å². The number of alkyl halides is 3. The number of pyridine rings is 1. The first kappa shape index (κ1) is 18.7. The SMILES string of the molecule is C[C@H](C(=O)N[C@H](C)c1ccc(F)cc1)n1ccc(C(F)(F)F)cc1=O. The molecule has 1 amide bonds. The zero-order chi connectivity index (χ0) is 18.8. The minimum absolute atomic E-state index is 0.410. The van der Waals surface area contributed by atoms with Gasteiger partial charge in [-0.1, -0.05) is 12.1 Å². The summed E-state index contributed by atoms with van der Waals surface area (Å²) in [7, 11) is 0. The zero-order valence-corrected chi connectivity index (χ0v) is 13.5. The number of rotatable bonds is 4. The first-order valence-electron chi connectivity index (χ1n) is 7.45. The molecular weight excluding hydrogens is 340 g/mol. The van der Waals surface area contributed by atoms with Gasteiger partial charge in [0.1, 0.15) is 11.9 Å². The first-order chi connectivity index (χ1) is 11.6. The molecule has 0 aliphatic rings. The van der Waals surface area contributed by atoms with Crippen molar-refractivity contribution in [3.63, 3.8) is 0 Å². The largest absolute Gasteiger partial charge is 0.416 e. The van der Waals surface area contributed by atoms with E-state index in [1.165, 1.54) is 31.2 Å². The van der Waals surface area contributed by atoms with E-state index in [-0.39, 0.29) is 0 Å². The van der Waals surface area contributed by atoms with E-state index >= 15 is 0 Å². The number of nitrogens with one attached hydrogen (secondary N) is 1. The summed E-state index contributed by atoms with van der Waals surface area (Å²) in [6, 6.07) is 5.26. The Labute approximate surface area is 141 Å². The third-order valence-corrected chi connectivity index (χ3v) is 3.80. The topological polar surface area (TPSA) is 51.1 Å². The lowest BCUT2D eigenvalue weighted by Gasteiger charge is -2.20. The Morgan fingerprint density at radius 3 is 2.24 bits per heavy atom. The number of carbonyl (C=O) groups is 1. The van der Waals surface area contributed by atoms with E-state index in [4.69, 9.17) is 0 Å². The summed E-state index contributed by atoms with van der Waals surface area (Å²) < 4.78 is 51.6. The second kappa shape index (κ2) is 7.08. The predicted molar refractivity (Wildman–Crippen MR) is 83.4 cm³/mol. The lowest BCUT2D eigenvalue weighted by molar-refractivity contribution is -0.137. The molecular formula is C17H16F4N2O2. The van der Waals surface area contributed by atoms with Crippen LogP contribution in [0.15, 0.2) is 47.4 Å². The van der Waals surface area contributed by atoms with Crippen molar-refractivity contribution in [1.82, 2.24) is 9.88 Å². The Morgan fingerprint density at radius 2 is 1.72 bits per heavy atom. The van der Waals surface area contributed by atoms with Crippen LogP contribution in [0.4, 0.5) is 17.6 Å². The van der Waals surface area contributed by atoms with E-state index in [1.807, 2.05) is 0 Å². The number of hydrogen-bond donors (Lipinski definition) is 1. The van der Waals surface area contributed by atoms with E-state index in [2.05, 4.69) is 5.32 Å². The first-order valence-corrected chi connectivity index (χ1v) is 7.45. The van der Waals surface area contributed by atoms with Gasteiger partial charge in [-0.3, -0.25) is 9.59 Å². The second-order valence-electron chi connectivity index (χ2n) is 5.62. The van der Waals surface area contributed by atoms with Crippen LogP contribution in [0.1, 0.15) is 37.1 Å². The maximum absolute atomic E-state index is 12.9. The molecule has 1 aromatic carbocycles. The summed E-state index contributed by atoms with van der Waals surface area (Å²) in [5.74, 6) is -0.953. The van der Waals surface area contributed by atoms with Crippen LogP contribution in [0, 0.1) is 5.82 Å². The van der Waals surface area contributed by atoms with Crippen molar-refractivity contribution < 1.29 is 22.4 Å². The van der Waals surface area contributed by atoms with Crippen molar-refractivity contribution in [2.24, 2.45) is 0 Å². The van der Waals surface area contributed by atoms with Crippen LogP contribution >= 0.6 is 0 Å². The molecule has 0 fully saturated rings. The molecule has 4 nitrogen and oxygen atoms in total. The number of amides is 1. The summed E-state index contributed by atoms with van der Waals surface area (Å²) in [5.41, 5.74) is -1.34. The highest BCUT2D eigenvalue weighted by Crippen LogP contribution is 2.28. The normalized spacial score (nSPS) is 14.0. The fourth-order valence-corrected chi connectivity index (χ4v) is 2.28. The van der Waals surface area contributed by atoms with Gasteiger partial charge in [0.05, 0.1) is 11.6 Å². The second-order valence-corrected chi connectivity index (χ2v) is 5.62. The summed E-state index contributed by atoms with van der Waals surface area (Å²) >= 11 is 0. The number of halogens is 4. The third kappa shape index (κ3) is 4.46.